The Kier molecular flexibility index (Phi) is 4.52. The Morgan fingerprint density at radius 1 is 1.06 bits per heavy atom. The van der Waals surface area contributed by atoms with Crippen molar-refractivity contribution < 1.29 is 0 Å². The molecule has 1 aromatic rings. The van der Waals surface area contributed by atoms with Gasteiger partial charge in [0.1, 0.15) is 5.82 Å². The van der Waals surface area contributed by atoms with Gasteiger partial charge in [-0.25, -0.2) is 9.97 Å². The van der Waals surface area contributed by atoms with E-state index in [1.165, 1.54) is 44.1 Å². The van der Waals surface area contributed by atoms with Gasteiger partial charge in [-0.15, -0.1) is 0 Å². The number of hydrogen-bond acceptors (Lipinski definition) is 2. The third kappa shape index (κ3) is 3.27. The number of nitrogens with zero attached hydrogens (tertiary/aromatic N) is 2. The van der Waals surface area contributed by atoms with Crippen LogP contribution in [0.25, 0.3) is 0 Å². The van der Waals surface area contributed by atoms with Crippen LogP contribution in [0.1, 0.15) is 69.7 Å². The highest BCUT2D eigenvalue weighted by Crippen LogP contribution is 2.36. The first kappa shape index (κ1) is 12.5. The molecule has 2 rings (SSSR count). The molecule has 0 bridgehead atoms. The van der Waals surface area contributed by atoms with Crippen molar-refractivity contribution in [3.63, 3.8) is 0 Å². The molecule has 0 spiro atoms. The summed E-state index contributed by atoms with van der Waals surface area (Å²) in [5, 5.41) is 0. The van der Waals surface area contributed by atoms with Crippen LogP contribution in [0.4, 0.5) is 0 Å². The summed E-state index contributed by atoms with van der Waals surface area (Å²) in [5.41, 5.74) is 1.36. The van der Waals surface area contributed by atoms with E-state index < -0.39 is 0 Å². The molecule has 0 saturated heterocycles. The van der Waals surface area contributed by atoms with E-state index in [0.717, 1.165) is 18.2 Å². The Bertz CT molecular complexity index is 323. The summed E-state index contributed by atoms with van der Waals surface area (Å²) in [6.45, 7) is 4.40. The second-order valence-corrected chi connectivity index (χ2v) is 5.29. The Balaban J connectivity index is 1.91. The lowest BCUT2D eigenvalue weighted by Gasteiger charge is -2.28. The lowest BCUT2D eigenvalue weighted by molar-refractivity contribution is 0.307. The molecule has 0 N–H and O–H groups in total. The molecule has 1 aromatic heterocycles. The highest BCUT2D eigenvalue weighted by Gasteiger charge is 2.22. The lowest BCUT2D eigenvalue weighted by Crippen LogP contribution is -2.13. The molecule has 1 saturated carbocycles. The predicted molar refractivity (Wildman–Crippen MR) is 71.0 cm³/mol. The van der Waals surface area contributed by atoms with Gasteiger partial charge in [0.2, 0.25) is 0 Å². The van der Waals surface area contributed by atoms with Gasteiger partial charge in [-0.1, -0.05) is 26.7 Å². The topological polar surface area (TPSA) is 25.8 Å². The largest absolute Gasteiger partial charge is 0.241 e. The Labute approximate surface area is 105 Å². The van der Waals surface area contributed by atoms with Crippen LogP contribution in [-0.4, -0.2) is 9.97 Å². The first-order valence-electron chi connectivity index (χ1n) is 7.14. The maximum absolute atomic E-state index is 4.42. The number of hydrogen-bond donors (Lipinski definition) is 0. The van der Waals surface area contributed by atoms with Crippen molar-refractivity contribution in [3.8, 4) is 0 Å². The molecule has 1 fully saturated rings. The summed E-state index contributed by atoms with van der Waals surface area (Å²) >= 11 is 0. The maximum atomic E-state index is 4.42. The second kappa shape index (κ2) is 6.13. The van der Waals surface area contributed by atoms with Crippen LogP contribution in [0.5, 0.6) is 0 Å². The molecule has 2 heteroatoms. The van der Waals surface area contributed by atoms with Gasteiger partial charge < -0.3 is 0 Å². The van der Waals surface area contributed by atoms with Gasteiger partial charge in [-0.2, -0.15) is 0 Å². The smallest absolute Gasteiger partial charge is 0.127 e. The van der Waals surface area contributed by atoms with Crippen molar-refractivity contribution in [2.75, 3.05) is 0 Å². The van der Waals surface area contributed by atoms with Crippen LogP contribution >= 0.6 is 0 Å². The molecule has 1 aliphatic carbocycles. The van der Waals surface area contributed by atoms with E-state index >= 15 is 0 Å². The van der Waals surface area contributed by atoms with Gasteiger partial charge in [0.05, 0.1) is 0 Å². The Morgan fingerprint density at radius 3 is 2.24 bits per heavy atom. The zero-order valence-electron chi connectivity index (χ0n) is 11.2. The molecule has 94 valence electrons. The monoisotopic (exact) mass is 232 g/mol. The highest BCUT2D eigenvalue weighted by molar-refractivity contribution is 5.12. The van der Waals surface area contributed by atoms with Crippen LogP contribution in [-0.2, 0) is 6.42 Å². The number of rotatable bonds is 4. The Hall–Kier alpha value is -0.920. The van der Waals surface area contributed by atoms with Crippen LogP contribution in [0.3, 0.4) is 0 Å². The van der Waals surface area contributed by atoms with Crippen LogP contribution in [0.2, 0.25) is 0 Å². The summed E-state index contributed by atoms with van der Waals surface area (Å²) < 4.78 is 0. The normalized spacial score (nSPS) is 24.8. The Morgan fingerprint density at radius 2 is 1.71 bits per heavy atom. The summed E-state index contributed by atoms with van der Waals surface area (Å²) in [7, 11) is 0. The van der Waals surface area contributed by atoms with E-state index in [9.17, 15) is 0 Å². The predicted octanol–water partition coefficient (Wildman–Crippen LogP) is 4.11. The van der Waals surface area contributed by atoms with E-state index in [0.29, 0.717) is 5.92 Å². The molecular weight excluding hydrogens is 208 g/mol. The van der Waals surface area contributed by atoms with Crippen molar-refractivity contribution in [3.05, 3.63) is 23.8 Å². The fraction of sp³-hybridized carbons (Fsp3) is 0.733. The van der Waals surface area contributed by atoms with Gasteiger partial charge in [-0.05, 0) is 43.1 Å². The molecule has 1 heterocycles. The van der Waals surface area contributed by atoms with Gasteiger partial charge in [0.15, 0.2) is 0 Å². The lowest BCUT2D eigenvalue weighted by atomic mass is 9.78. The molecule has 17 heavy (non-hydrogen) atoms. The van der Waals surface area contributed by atoms with E-state index in [-0.39, 0.29) is 0 Å². The molecule has 2 nitrogen and oxygen atoms in total. The average Bonchev–Trinajstić information content (AvgIpc) is 2.40. The first-order valence-corrected chi connectivity index (χ1v) is 7.14. The van der Waals surface area contributed by atoms with Crippen molar-refractivity contribution in [1.82, 2.24) is 9.97 Å². The average molecular weight is 232 g/mol. The van der Waals surface area contributed by atoms with E-state index in [1.807, 2.05) is 0 Å². The molecule has 0 aromatic carbocycles. The van der Waals surface area contributed by atoms with E-state index in [4.69, 9.17) is 0 Å². The van der Waals surface area contributed by atoms with Gasteiger partial charge in [-0.3, -0.25) is 0 Å². The molecule has 0 amide bonds. The van der Waals surface area contributed by atoms with Gasteiger partial charge in [0.25, 0.3) is 0 Å². The minimum atomic E-state index is 0.717. The standard InChI is InChI=1S/C15H24N2/c1-3-5-12-6-8-13(9-7-12)14-10-16-15(4-2)17-11-14/h10-13H,3-9H2,1-2H3. The molecule has 0 unspecified atom stereocenters. The molecule has 0 atom stereocenters. The second-order valence-electron chi connectivity index (χ2n) is 5.29. The highest BCUT2D eigenvalue weighted by atomic mass is 14.9. The van der Waals surface area contributed by atoms with E-state index in [1.54, 1.807) is 0 Å². The molecule has 0 radical (unpaired) electrons. The summed E-state index contributed by atoms with van der Waals surface area (Å²) in [6.07, 6.45) is 13.2. The zero-order chi connectivity index (χ0) is 12.1. The quantitative estimate of drug-likeness (QED) is 0.780. The molecule has 0 aliphatic heterocycles. The number of aryl methyl sites for hydroxylation is 1. The van der Waals surface area contributed by atoms with Crippen molar-refractivity contribution in [1.29, 1.82) is 0 Å². The van der Waals surface area contributed by atoms with E-state index in [2.05, 4.69) is 36.2 Å². The molecular formula is C15H24N2. The maximum Gasteiger partial charge on any atom is 0.127 e. The fourth-order valence-corrected chi connectivity index (χ4v) is 2.95. The zero-order valence-corrected chi connectivity index (χ0v) is 11.2. The van der Waals surface area contributed by atoms with Crippen LogP contribution in [0, 0.1) is 5.92 Å². The van der Waals surface area contributed by atoms with Crippen molar-refractivity contribution in [2.45, 2.75) is 64.7 Å². The first-order chi connectivity index (χ1) is 8.33. The van der Waals surface area contributed by atoms with Crippen LogP contribution in [0.15, 0.2) is 12.4 Å². The number of aromatic nitrogens is 2. The van der Waals surface area contributed by atoms with Crippen LogP contribution < -0.4 is 0 Å². The summed E-state index contributed by atoms with van der Waals surface area (Å²) in [6, 6.07) is 0. The molecule has 1 aliphatic rings. The third-order valence-corrected chi connectivity index (χ3v) is 4.06. The summed E-state index contributed by atoms with van der Waals surface area (Å²) in [4.78, 5) is 8.83. The minimum absolute atomic E-state index is 0.717. The van der Waals surface area contributed by atoms with Gasteiger partial charge >= 0.3 is 0 Å². The minimum Gasteiger partial charge on any atom is -0.241 e. The van der Waals surface area contributed by atoms with Crippen molar-refractivity contribution in [2.24, 2.45) is 5.92 Å². The third-order valence-electron chi connectivity index (χ3n) is 4.06. The summed E-state index contributed by atoms with van der Waals surface area (Å²) in [5.74, 6) is 2.66. The van der Waals surface area contributed by atoms with Gasteiger partial charge in [0, 0.05) is 18.8 Å². The fourth-order valence-electron chi connectivity index (χ4n) is 2.95. The SMILES string of the molecule is CCCC1CCC(c2cnc(CC)nc2)CC1. The van der Waals surface area contributed by atoms with Crippen molar-refractivity contribution >= 4 is 0 Å².